The monoisotopic (exact) mass is 313 g/mol. The van der Waals surface area contributed by atoms with Crippen molar-refractivity contribution in [2.24, 2.45) is 5.73 Å². The summed E-state index contributed by atoms with van der Waals surface area (Å²) < 4.78 is 1.82. The van der Waals surface area contributed by atoms with Crippen molar-refractivity contribution in [3.05, 3.63) is 84.7 Å². The van der Waals surface area contributed by atoms with Crippen LogP contribution in [-0.2, 0) is 0 Å². The number of aromatic nitrogens is 2. The lowest BCUT2D eigenvalue weighted by molar-refractivity contribution is 0.100. The summed E-state index contributed by atoms with van der Waals surface area (Å²) in [5.74, 6) is -0.476. The molecule has 4 aromatic rings. The maximum absolute atomic E-state index is 11.6. The van der Waals surface area contributed by atoms with Gasteiger partial charge in [0.25, 0.3) is 5.91 Å². The Balaban J connectivity index is 1.84. The lowest BCUT2D eigenvalue weighted by Gasteiger charge is -2.03. The van der Waals surface area contributed by atoms with Gasteiger partial charge in [-0.15, -0.1) is 0 Å². The van der Waals surface area contributed by atoms with Crippen LogP contribution in [0.5, 0.6) is 0 Å². The van der Waals surface area contributed by atoms with Crippen LogP contribution in [0.4, 0.5) is 0 Å². The standard InChI is InChI=1S/C20H15N3O/c21-19(24)17-10-5-11-23-13-18(22-20(17)23)16-9-4-8-15(12-16)14-6-2-1-3-7-14/h1-13H,(H2,21,24). The van der Waals surface area contributed by atoms with Crippen molar-refractivity contribution in [2.45, 2.75) is 0 Å². The average Bonchev–Trinajstić information content (AvgIpc) is 3.06. The second kappa shape index (κ2) is 5.66. The van der Waals surface area contributed by atoms with E-state index in [0.29, 0.717) is 11.2 Å². The fraction of sp³-hybridized carbons (Fsp3) is 0. The van der Waals surface area contributed by atoms with Gasteiger partial charge in [0.2, 0.25) is 0 Å². The summed E-state index contributed by atoms with van der Waals surface area (Å²) in [4.78, 5) is 16.2. The zero-order valence-electron chi connectivity index (χ0n) is 12.9. The van der Waals surface area contributed by atoms with E-state index in [1.807, 2.05) is 47.1 Å². The number of amides is 1. The minimum Gasteiger partial charge on any atom is -0.365 e. The van der Waals surface area contributed by atoms with E-state index in [1.165, 1.54) is 0 Å². The van der Waals surface area contributed by atoms with Gasteiger partial charge in [-0.2, -0.15) is 0 Å². The molecule has 0 spiro atoms. The molecule has 0 aliphatic heterocycles. The number of hydrogen-bond acceptors (Lipinski definition) is 2. The van der Waals surface area contributed by atoms with Gasteiger partial charge in [-0.25, -0.2) is 4.98 Å². The van der Waals surface area contributed by atoms with Crippen LogP contribution in [0.2, 0.25) is 0 Å². The summed E-state index contributed by atoms with van der Waals surface area (Å²) in [5.41, 5.74) is 10.5. The van der Waals surface area contributed by atoms with Crippen LogP contribution < -0.4 is 5.73 Å². The first-order valence-corrected chi connectivity index (χ1v) is 7.66. The molecule has 116 valence electrons. The van der Waals surface area contributed by atoms with E-state index in [-0.39, 0.29) is 0 Å². The van der Waals surface area contributed by atoms with Gasteiger partial charge in [0.15, 0.2) is 0 Å². The highest BCUT2D eigenvalue weighted by molar-refractivity contribution is 5.99. The van der Waals surface area contributed by atoms with Crippen LogP contribution in [0.3, 0.4) is 0 Å². The topological polar surface area (TPSA) is 60.4 Å². The Morgan fingerprint density at radius 3 is 2.42 bits per heavy atom. The minimum absolute atomic E-state index is 0.419. The number of fused-ring (bicyclic) bond motifs is 1. The van der Waals surface area contributed by atoms with Gasteiger partial charge >= 0.3 is 0 Å². The number of nitrogens with zero attached hydrogens (tertiary/aromatic N) is 2. The van der Waals surface area contributed by atoms with E-state index in [9.17, 15) is 4.79 Å². The number of primary amides is 1. The molecule has 1 amide bonds. The predicted octanol–water partition coefficient (Wildman–Crippen LogP) is 3.77. The number of carbonyl (C=O) groups excluding carboxylic acids is 1. The third-order valence-electron chi connectivity index (χ3n) is 4.01. The Morgan fingerprint density at radius 2 is 1.62 bits per heavy atom. The molecule has 4 heteroatoms. The molecule has 2 aromatic carbocycles. The summed E-state index contributed by atoms with van der Waals surface area (Å²) in [6, 6.07) is 21.9. The molecule has 0 aliphatic rings. The first-order chi connectivity index (χ1) is 11.7. The van der Waals surface area contributed by atoms with Crippen molar-refractivity contribution in [3.63, 3.8) is 0 Å². The summed E-state index contributed by atoms with van der Waals surface area (Å²) in [5, 5.41) is 0. The molecule has 0 unspecified atom stereocenters. The molecule has 2 aromatic heterocycles. The fourth-order valence-corrected chi connectivity index (χ4v) is 2.83. The van der Waals surface area contributed by atoms with E-state index in [2.05, 4.69) is 29.2 Å². The normalized spacial score (nSPS) is 10.8. The van der Waals surface area contributed by atoms with E-state index in [1.54, 1.807) is 12.1 Å². The highest BCUT2D eigenvalue weighted by atomic mass is 16.1. The van der Waals surface area contributed by atoms with Gasteiger partial charge in [0.05, 0.1) is 11.3 Å². The molecule has 4 nitrogen and oxygen atoms in total. The minimum atomic E-state index is -0.476. The highest BCUT2D eigenvalue weighted by Crippen LogP contribution is 2.26. The molecule has 4 rings (SSSR count). The first kappa shape index (κ1) is 14.2. The Hall–Kier alpha value is -3.40. The van der Waals surface area contributed by atoms with E-state index < -0.39 is 5.91 Å². The molecule has 0 fully saturated rings. The molecule has 0 aliphatic carbocycles. The Labute approximate surface area is 139 Å². The van der Waals surface area contributed by atoms with Gasteiger partial charge in [0, 0.05) is 18.0 Å². The van der Waals surface area contributed by atoms with E-state index in [0.717, 1.165) is 22.4 Å². The average molecular weight is 313 g/mol. The van der Waals surface area contributed by atoms with Crippen molar-refractivity contribution in [1.29, 1.82) is 0 Å². The Bertz CT molecular complexity index is 1040. The third-order valence-corrected chi connectivity index (χ3v) is 4.01. The first-order valence-electron chi connectivity index (χ1n) is 7.66. The van der Waals surface area contributed by atoms with Crippen molar-refractivity contribution in [2.75, 3.05) is 0 Å². The second-order valence-electron chi connectivity index (χ2n) is 5.59. The molecule has 2 heterocycles. The van der Waals surface area contributed by atoms with Crippen LogP contribution in [0, 0.1) is 0 Å². The largest absolute Gasteiger partial charge is 0.365 e. The quantitative estimate of drug-likeness (QED) is 0.626. The van der Waals surface area contributed by atoms with Crippen molar-refractivity contribution in [1.82, 2.24) is 9.38 Å². The summed E-state index contributed by atoms with van der Waals surface area (Å²) in [7, 11) is 0. The number of imidazole rings is 1. The van der Waals surface area contributed by atoms with Crippen LogP contribution >= 0.6 is 0 Å². The second-order valence-corrected chi connectivity index (χ2v) is 5.59. The van der Waals surface area contributed by atoms with E-state index >= 15 is 0 Å². The van der Waals surface area contributed by atoms with Gasteiger partial charge in [-0.3, -0.25) is 4.79 Å². The Kier molecular flexibility index (Phi) is 3.35. The predicted molar refractivity (Wildman–Crippen MR) is 94.6 cm³/mol. The van der Waals surface area contributed by atoms with Crippen LogP contribution in [-0.4, -0.2) is 15.3 Å². The molecule has 0 saturated heterocycles. The summed E-state index contributed by atoms with van der Waals surface area (Å²) in [6.07, 6.45) is 3.77. The molecule has 0 saturated carbocycles. The molecule has 0 bridgehead atoms. The summed E-state index contributed by atoms with van der Waals surface area (Å²) >= 11 is 0. The maximum atomic E-state index is 11.6. The van der Waals surface area contributed by atoms with Crippen LogP contribution in [0.25, 0.3) is 28.0 Å². The lowest BCUT2D eigenvalue weighted by atomic mass is 10.0. The smallest absolute Gasteiger partial charge is 0.252 e. The maximum Gasteiger partial charge on any atom is 0.252 e. The number of carbonyl (C=O) groups is 1. The molecule has 0 radical (unpaired) electrons. The third kappa shape index (κ3) is 2.44. The number of hydrogen-bond donors (Lipinski definition) is 1. The van der Waals surface area contributed by atoms with Gasteiger partial charge in [0.1, 0.15) is 5.65 Å². The highest BCUT2D eigenvalue weighted by Gasteiger charge is 2.11. The fourth-order valence-electron chi connectivity index (χ4n) is 2.83. The van der Waals surface area contributed by atoms with Gasteiger partial charge < -0.3 is 10.1 Å². The zero-order valence-corrected chi connectivity index (χ0v) is 12.9. The summed E-state index contributed by atoms with van der Waals surface area (Å²) in [6.45, 7) is 0. The van der Waals surface area contributed by atoms with Crippen molar-refractivity contribution < 1.29 is 4.79 Å². The van der Waals surface area contributed by atoms with Crippen molar-refractivity contribution in [3.8, 4) is 22.4 Å². The van der Waals surface area contributed by atoms with Gasteiger partial charge in [-0.05, 0) is 29.3 Å². The number of rotatable bonds is 3. The lowest BCUT2D eigenvalue weighted by Crippen LogP contribution is -2.12. The molecular formula is C20H15N3O. The Morgan fingerprint density at radius 1 is 0.875 bits per heavy atom. The molecule has 2 N–H and O–H groups in total. The SMILES string of the molecule is NC(=O)c1cccn2cc(-c3cccc(-c4ccccc4)c3)nc12. The molecule has 24 heavy (non-hydrogen) atoms. The molecular weight excluding hydrogens is 298 g/mol. The van der Waals surface area contributed by atoms with E-state index in [4.69, 9.17) is 5.73 Å². The van der Waals surface area contributed by atoms with Crippen molar-refractivity contribution >= 4 is 11.6 Å². The number of pyridine rings is 1. The van der Waals surface area contributed by atoms with Crippen LogP contribution in [0.15, 0.2) is 79.1 Å². The van der Waals surface area contributed by atoms with Gasteiger partial charge in [-0.1, -0.05) is 48.5 Å². The number of benzene rings is 2. The zero-order chi connectivity index (χ0) is 16.5. The number of nitrogens with two attached hydrogens (primary N) is 1. The molecule has 0 atom stereocenters. The van der Waals surface area contributed by atoms with Crippen LogP contribution in [0.1, 0.15) is 10.4 Å².